The third kappa shape index (κ3) is 4.61. The zero-order valence-corrected chi connectivity index (χ0v) is 17.9. The number of cyclic esters (lactones) is 1. The summed E-state index contributed by atoms with van der Waals surface area (Å²) in [5.74, 6) is -1.83. The maximum absolute atomic E-state index is 13.6. The first-order valence-electron chi connectivity index (χ1n) is 11.1. The molecule has 1 heterocycles. The minimum atomic E-state index is -0.926. The number of rotatable bonds is 7. The lowest BCUT2D eigenvalue weighted by molar-refractivity contribution is 0.157. The fraction of sp³-hybridized carbons (Fsp3) is 0.440. The molecule has 0 bridgehead atoms. The number of ether oxygens (including phenoxy) is 1. The van der Waals surface area contributed by atoms with Crippen LogP contribution in [-0.4, -0.2) is 36.7 Å². The maximum atomic E-state index is 13.6. The molecule has 1 aliphatic carbocycles. The molecule has 2 aromatic carbocycles. The topological polar surface area (TPSA) is 65.4 Å². The van der Waals surface area contributed by atoms with Crippen molar-refractivity contribution in [1.82, 2.24) is 10.2 Å². The first-order chi connectivity index (χ1) is 15.5. The number of hydrogen-bond donors (Lipinski definition) is 1. The highest BCUT2D eigenvalue weighted by Crippen LogP contribution is 2.39. The lowest BCUT2D eigenvalue weighted by atomic mass is 9.69. The summed E-state index contributed by atoms with van der Waals surface area (Å²) in [7, 11) is 0. The first kappa shape index (κ1) is 22.2. The van der Waals surface area contributed by atoms with E-state index in [2.05, 4.69) is 11.4 Å². The van der Waals surface area contributed by atoms with E-state index in [0.29, 0.717) is 24.6 Å². The minimum Gasteiger partial charge on any atom is -0.447 e. The molecule has 5 nitrogen and oxygen atoms in total. The van der Waals surface area contributed by atoms with Gasteiger partial charge >= 0.3 is 6.09 Å². The molecule has 0 radical (unpaired) electrons. The molecular weight excluding hydrogens is 412 g/mol. The van der Waals surface area contributed by atoms with Gasteiger partial charge in [-0.1, -0.05) is 36.4 Å². The molecule has 4 rings (SSSR count). The molecule has 168 valence electrons. The van der Waals surface area contributed by atoms with E-state index in [1.54, 1.807) is 4.90 Å². The van der Waals surface area contributed by atoms with Gasteiger partial charge in [-0.3, -0.25) is 4.90 Å². The monoisotopic (exact) mass is 439 g/mol. The van der Waals surface area contributed by atoms with Gasteiger partial charge in [0.05, 0.1) is 17.5 Å². The Balaban J connectivity index is 1.26. The van der Waals surface area contributed by atoms with E-state index in [9.17, 15) is 18.8 Å². The third-order valence-electron chi connectivity index (χ3n) is 6.69. The third-order valence-corrected chi connectivity index (χ3v) is 6.69. The van der Waals surface area contributed by atoms with E-state index >= 15 is 0 Å². The summed E-state index contributed by atoms with van der Waals surface area (Å²) in [6.45, 7) is 1.33. The molecule has 1 amide bonds. The molecular formula is C25H27F2N3O2. The minimum absolute atomic E-state index is 0.135. The summed E-state index contributed by atoms with van der Waals surface area (Å²) in [6, 6.07) is 16.2. The van der Waals surface area contributed by atoms with Crippen LogP contribution < -0.4 is 5.32 Å². The molecule has 0 aromatic heterocycles. The van der Waals surface area contributed by atoms with Crippen molar-refractivity contribution in [1.29, 1.82) is 5.26 Å². The number of nitrogens with zero attached hydrogens (tertiary/aromatic N) is 2. The largest absolute Gasteiger partial charge is 0.447 e. The smallest absolute Gasteiger partial charge is 0.410 e. The van der Waals surface area contributed by atoms with Crippen LogP contribution in [0.15, 0.2) is 48.5 Å². The second-order valence-corrected chi connectivity index (χ2v) is 8.60. The van der Waals surface area contributed by atoms with Gasteiger partial charge in [0.1, 0.15) is 6.61 Å². The van der Waals surface area contributed by atoms with E-state index in [-0.39, 0.29) is 6.61 Å². The van der Waals surface area contributed by atoms with Gasteiger partial charge in [-0.15, -0.1) is 0 Å². The summed E-state index contributed by atoms with van der Waals surface area (Å²) in [5.41, 5.74) is 1.22. The summed E-state index contributed by atoms with van der Waals surface area (Å²) >= 11 is 0. The van der Waals surface area contributed by atoms with Crippen molar-refractivity contribution in [2.24, 2.45) is 0 Å². The van der Waals surface area contributed by atoms with Crippen LogP contribution >= 0.6 is 0 Å². The number of nitrogens with one attached hydrogen (secondary N) is 1. The average Bonchev–Trinajstić information content (AvgIpc) is 3.20. The molecule has 0 spiro atoms. The number of carbonyl (C=O) groups is 1. The molecule has 1 N–H and O–H groups in total. The van der Waals surface area contributed by atoms with Gasteiger partial charge in [0.2, 0.25) is 0 Å². The number of amides is 1. The standard InChI is InChI=1S/C25H27F2N3O2/c26-21-8-7-18(15-22(21)27)23-16-32-24(31)30(23)14-4-13-29-20-9-11-25(17-28,12-10-20)19-5-2-1-3-6-19/h1-3,5-8,15,20,23,29H,4,9-14,16H2. The van der Waals surface area contributed by atoms with Crippen LogP contribution in [-0.2, 0) is 10.2 Å². The average molecular weight is 440 g/mol. The van der Waals surface area contributed by atoms with Crippen LogP contribution in [0, 0.1) is 23.0 Å². The van der Waals surface area contributed by atoms with Gasteiger partial charge in [0.25, 0.3) is 0 Å². The molecule has 2 aliphatic rings. The number of carbonyl (C=O) groups excluding carboxylic acids is 1. The Labute approximate surface area is 187 Å². The predicted molar refractivity (Wildman–Crippen MR) is 116 cm³/mol. The van der Waals surface area contributed by atoms with Crippen LogP contribution in [0.4, 0.5) is 13.6 Å². The van der Waals surface area contributed by atoms with Crippen molar-refractivity contribution in [3.8, 4) is 6.07 Å². The fourth-order valence-electron chi connectivity index (χ4n) is 4.79. The Hall–Kier alpha value is -2.98. The molecule has 1 saturated carbocycles. The zero-order valence-electron chi connectivity index (χ0n) is 17.9. The summed E-state index contributed by atoms with van der Waals surface area (Å²) in [6.07, 6.45) is 3.77. The maximum Gasteiger partial charge on any atom is 0.410 e. The Kier molecular flexibility index (Phi) is 6.71. The Bertz CT molecular complexity index is 984. The summed E-state index contributed by atoms with van der Waals surface area (Å²) in [4.78, 5) is 13.7. The number of benzene rings is 2. The molecule has 2 fully saturated rings. The van der Waals surface area contributed by atoms with Gasteiger partial charge in [-0.05, 0) is 61.9 Å². The van der Waals surface area contributed by atoms with Crippen molar-refractivity contribution >= 4 is 6.09 Å². The zero-order chi connectivity index (χ0) is 22.6. The van der Waals surface area contributed by atoms with Crippen molar-refractivity contribution in [2.45, 2.75) is 49.6 Å². The number of nitriles is 1. The van der Waals surface area contributed by atoms with Crippen LogP contribution in [0.5, 0.6) is 0 Å². The van der Waals surface area contributed by atoms with E-state index in [1.165, 1.54) is 6.07 Å². The lowest BCUT2D eigenvalue weighted by Gasteiger charge is -2.36. The molecule has 2 aromatic rings. The van der Waals surface area contributed by atoms with Crippen molar-refractivity contribution < 1.29 is 18.3 Å². The van der Waals surface area contributed by atoms with Crippen LogP contribution in [0.2, 0.25) is 0 Å². The Morgan fingerprint density at radius 3 is 2.56 bits per heavy atom. The van der Waals surface area contributed by atoms with E-state index in [4.69, 9.17) is 4.74 Å². The molecule has 1 aliphatic heterocycles. The van der Waals surface area contributed by atoms with Crippen molar-refractivity contribution in [3.63, 3.8) is 0 Å². The predicted octanol–water partition coefficient (Wildman–Crippen LogP) is 4.84. The van der Waals surface area contributed by atoms with Gasteiger partial charge < -0.3 is 10.1 Å². The highest BCUT2D eigenvalue weighted by atomic mass is 19.2. The molecule has 32 heavy (non-hydrogen) atoms. The SMILES string of the molecule is N#CC1(c2ccccc2)CCC(NCCCN2C(=O)OCC2c2ccc(F)c(F)c2)CC1. The second-order valence-electron chi connectivity index (χ2n) is 8.60. The summed E-state index contributed by atoms with van der Waals surface area (Å²) < 4.78 is 32.0. The quantitative estimate of drug-likeness (QED) is 0.627. The van der Waals surface area contributed by atoms with Gasteiger partial charge in [0.15, 0.2) is 11.6 Å². The van der Waals surface area contributed by atoms with Crippen LogP contribution in [0.25, 0.3) is 0 Å². The Morgan fingerprint density at radius 1 is 1.12 bits per heavy atom. The molecule has 1 saturated heterocycles. The van der Waals surface area contributed by atoms with Crippen LogP contribution in [0.3, 0.4) is 0 Å². The van der Waals surface area contributed by atoms with E-state index in [1.807, 2.05) is 30.3 Å². The lowest BCUT2D eigenvalue weighted by Crippen LogP contribution is -2.40. The summed E-state index contributed by atoms with van der Waals surface area (Å²) in [5, 5.41) is 13.4. The highest BCUT2D eigenvalue weighted by molar-refractivity contribution is 5.70. The highest BCUT2D eigenvalue weighted by Gasteiger charge is 2.37. The van der Waals surface area contributed by atoms with Crippen molar-refractivity contribution in [2.75, 3.05) is 19.7 Å². The first-order valence-corrected chi connectivity index (χ1v) is 11.1. The number of hydrogen-bond acceptors (Lipinski definition) is 4. The van der Waals surface area contributed by atoms with E-state index < -0.39 is 29.2 Å². The second kappa shape index (κ2) is 9.66. The molecule has 1 atom stereocenters. The molecule has 7 heteroatoms. The van der Waals surface area contributed by atoms with Crippen LogP contribution in [0.1, 0.15) is 49.3 Å². The van der Waals surface area contributed by atoms with Gasteiger partial charge in [0, 0.05) is 12.6 Å². The normalized spacial score (nSPS) is 25.4. The Morgan fingerprint density at radius 2 is 1.88 bits per heavy atom. The number of halogens is 2. The molecule has 1 unspecified atom stereocenters. The van der Waals surface area contributed by atoms with Gasteiger partial charge in [-0.25, -0.2) is 13.6 Å². The fourth-order valence-corrected chi connectivity index (χ4v) is 4.79. The van der Waals surface area contributed by atoms with E-state index in [0.717, 1.165) is 49.9 Å². The van der Waals surface area contributed by atoms with Crippen molar-refractivity contribution in [3.05, 3.63) is 71.3 Å². The van der Waals surface area contributed by atoms with Gasteiger partial charge in [-0.2, -0.15) is 5.26 Å².